The molecule has 1 N–H and O–H groups in total. The smallest absolute Gasteiger partial charge is 0.161 e. The van der Waals surface area contributed by atoms with Crippen LogP contribution in [0.3, 0.4) is 0 Å². The summed E-state index contributed by atoms with van der Waals surface area (Å²) in [5.41, 5.74) is 0.00360. The second-order valence-electron chi connectivity index (χ2n) is 4.44. The van der Waals surface area contributed by atoms with Crippen molar-refractivity contribution in [3.63, 3.8) is 0 Å². The predicted molar refractivity (Wildman–Crippen MR) is 75.9 cm³/mol. The molecule has 2 rings (SSSR count). The molecule has 21 heavy (non-hydrogen) atoms. The Balaban J connectivity index is 2.58. The van der Waals surface area contributed by atoms with Crippen molar-refractivity contribution in [2.45, 2.75) is 13.0 Å². The van der Waals surface area contributed by atoms with E-state index in [0.717, 1.165) is 6.07 Å². The Labute approximate surface area is 128 Å². The van der Waals surface area contributed by atoms with E-state index in [9.17, 15) is 17.6 Å². The molecule has 0 amide bonds. The van der Waals surface area contributed by atoms with Crippen LogP contribution in [0.5, 0.6) is 0 Å². The van der Waals surface area contributed by atoms with Gasteiger partial charge < -0.3 is 5.32 Å². The minimum Gasteiger partial charge on any atom is -0.306 e. The van der Waals surface area contributed by atoms with Crippen LogP contribution in [-0.4, -0.2) is 6.54 Å². The van der Waals surface area contributed by atoms with Gasteiger partial charge in [-0.3, -0.25) is 0 Å². The average molecular weight is 362 g/mol. The lowest BCUT2D eigenvalue weighted by molar-refractivity contribution is 0.477. The highest BCUT2D eigenvalue weighted by atomic mass is 79.9. The number of benzene rings is 2. The van der Waals surface area contributed by atoms with E-state index < -0.39 is 29.3 Å². The van der Waals surface area contributed by atoms with E-state index in [1.54, 1.807) is 6.92 Å². The lowest BCUT2D eigenvalue weighted by Gasteiger charge is -2.20. The molecule has 1 atom stereocenters. The van der Waals surface area contributed by atoms with Crippen LogP contribution in [0.4, 0.5) is 17.6 Å². The van der Waals surface area contributed by atoms with Gasteiger partial charge in [0.1, 0.15) is 11.6 Å². The zero-order valence-corrected chi connectivity index (χ0v) is 12.6. The van der Waals surface area contributed by atoms with E-state index >= 15 is 0 Å². The summed E-state index contributed by atoms with van der Waals surface area (Å²) < 4.78 is 55.0. The fourth-order valence-corrected chi connectivity index (χ4v) is 2.47. The van der Waals surface area contributed by atoms with Crippen LogP contribution < -0.4 is 5.32 Å². The van der Waals surface area contributed by atoms with E-state index in [1.165, 1.54) is 18.2 Å². The lowest BCUT2D eigenvalue weighted by atomic mass is 9.97. The second-order valence-corrected chi connectivity index (χ2v) is 5.36. The van der Waals surface area contributed by atoms with Gasteiger partial charge in [0.2, 0.25) is 0 Å². The van der Waals surface area contributed by atoms with Gasteiger partial charge in [-0.1, -0.05) is 22.9 Å². The molecule has 0 spiro atoms. The summed E-state index contributed by atoms with van der Waals surface area (Å²) in [7, 11) is 0. The Kier molecular flexibility index (Phi) is 5.00. The number of hydrogen-bond acceptors (Lipinski definition) is 1. The fraction of sp³-hybridized carbons (Fsp3) is 0.200. The van der Waals surface area contributed by atoms with Gasteiger partial charge in [-0.2, -0.15) is 0 Å². The van der Waals surface area contributed by atoms with Crippen molar-refractivity contribution in [1.29, 1.82) is 0 Å². The topological polar surface area (TPSA) is 12.0 Å². The first kappa shape index (κ1) is 16.0. The van der Waals surface area contributed by atoms with Crippen LogP contribution in [0.25, 0.3) is 0 Å². The highest BCUT2D eigenvalue weighted by Gasteiger charge is 2.22. The zero-order chi connectivity index (χ0) is 15.6. The molecule has 6 heteroatoms. The standard InChI is InChI=1S/C15H12BrF4N/c1-2-21-15(9-5-8(16)3-4-11(9)17)10-6-13(19)14(20)7-12(10)18/h3-7,15,21H,2H2,1H3. The molecule has 2 aromatic rings. The molecule has 112 valence electrons. The second kappa shape index (κ2) is 6.58. The molecule has 0 bridgehead atoms. The molecule has 1 unspecified atom stereocenters. The van der Waals surface area contributed by atoms with Crippen molar-refractivity contribution in [1.82, 2.24) is 5.32 Å². The van der Waals surface area contributed by atoms with E-state index in [1.807, 2.05) is 0 Å². The molecule has 0 saturated heterocycles. The summed E-state index contributed by atoms with van der Waals surface area (Å²) in [5, 5.41) is 2.88. The zero-order valence-electron chi connectivity index (χ0n) is 11.1. The van der Waals surface area contributed by atoms with E-state index in [0.29, 0.717) is 17.1 Å². The SMILES string of the molecule is CCNC(c1cc(Br)ccc1F)c1cc(F)c(F)cc1F. The molecule has 1 nitrogen and oxygen atoms in total. The van der Waals surface area contributed by atoms with Gasteiger partial charge in [-0.15, -0.1) is 0 Å². The molecule has 0 aliphatic rings. The van der Waals surface area contributed by atoms with Gasteiger partial charge >= 0.3 is 0 Å². The Morgan fingerprint density at radius 3 is 2.19 bits per heavy atom. The van der Waals surface area contributed by atoms with Gasteiger partial charge in [-0.25, -0.2) is 17.6 Å². The molecule has 0 saturated carbocycles. The number of nitrogens with one attached hydrogen (secondary N) is 1. The van der Waals surface area contributed by atoms with Gasteiger partial charge in [0.15, 0.2) is 11.6 Å². The van der Waals surface area contributed by atoms with E-state index in [-0.39, 0.29) is 11.1 Å². The van der Waals surface area contributed by atoms with Crippen LogP contribution in [0.15, 0.2) is 34.8 Å². The van der Waals surface area contributed by atoms with Crippen LogP contribution in [-0.2, 0) is 0 Å². The van der Waals surface area contributed by atoms with Gasteiger partial charge in [0.25, 0.3) is 0 Å². The number of halogens is 5. The highest BCUT2D eigenvalue weighted by Crippen LogP contribution is 2.29. The summed E-state index contributed by atoms with van der Waals surface area (Å²) in [4.78, 5) is 0. The summed E-state index contributed by atoms with van der Waals surface area (Å²) in [6.45, 7) is 2.15. The largest absolute Gasteiger partial charge is 0.306 e. The van der Waals surface area contributed by atoms with Crippen LogP contribution >= 0.6 is 15.9 Å². The molecule has 0 fully saturated rings. The maximum Gasteiger partial charge on any atom is 0.161 e. The summed E-state index contributed by atoms with van der Waals surface area (Å²) >= 11 is 3.21. The van der Waals surface area contributed by atoms with Crippen molar-refractivity contribution in [3.8, 4) is 0 Å². The summed E-state index contributed by atoms with van der Waals surface area (Å²) in [6, 6.07) is 4.50. The number of rotatable bonds is 4. The van der Waals surface area contributed by atoms with Crippen molar-refractivity contribution in [2.24, 2.45) is 0 Å². The minimum absolute atomic E-state index is 0.146. The Morgan fingerprint density at radius 2 is 1.52 bits per heavy atom. The fourth-order valence-electron chi connectivity index (χ4n) is 2.09. The van der Waals surface area contributed by atoms with E-state index in [2.05, 4.69) is 21.2 Å². The van der Waals surface area contributed by atoms with Gasteiger partial charge in [-0.05, 0) is 30.8 Å². The molecule has 0 radical (unpaired) electrons. The lowest BCUT2D eigenvalue weighted by Crippen LogP contribution is -2.24. The third kappa shape index (κ3) is 3.44. The molecular formula is C15H12BrF4N. The van der Waals surface area contributed by atoms with Crippen LogP contribution in [0, 0.1) is 23.3 Å². The summed E-state index contributed by atoms with van der Waals surface area (Å²) in [5.74, 6) is -3.95. The molecule has 0 heterocycles. The first-order chi connectivity index (χ1) is 9.93. The Bertz CT molecular complexity index is 660. The third-order valence-electron chi connectivity index (χ3n) is 3.03. The average Bonchev–Trinajstić information content (AvgIpc) is 2.43. The first-order valence-corrected chi connectivity index (χ1v) is 7.06. The summed E-state index contributed by atoms with van der Waals surface area (Å²) in [6.07, 6.45) is 0. The van der Waals surface area contributed by atoms with Crippen LogP contribution in [0.1, 0.15) is 24.1 Å². The van der Waals surface area contributed by atoms with Gasteiger partial charge in [0, 0.05) is 21.7 Å². The first-order valence-electron chi connectivity index (χ1n) is 6.26. The molecule has 0 aromatic heterocycles. The van der Waals surface area contributed by atoms with Gasteiger partial charge in [0.05, 0.1) is 6.04 Å². The molecule has 2 aromatic carbocycles. The normalized spacial score (nSPS) is 12.5. The molecule has 0 aliphatic carbocycles. The predicted octanol–water partition coefficient (Wildman–Crippen LogP) is 4.70. The third-order valence-corrected chi connectivity index (χ3v) is 3.52. The van der Waals surface area contributed by atoms with Crippen LogP contribution in [0.2, 0.25) is 0 Å². The van der Waals surface area contributed by atoms with Crippen molar-refractivity contribution in [3.05, 3.63) is 69.2 Å². The molecular weight excluding hydrogens is 350 g/mol. The number of hydrogen-bond donors (Lipinski definition) is 1. The maximum absolute atomic E-state index is 14.0. The minimum atomic E-state index is -1.28. The van der Waals surface area contributed by atoms with Crippen molar-refractivity contribution < 1.29 is 17.6 Å². The quantitative estimate of drug-likeness (QED) is 0.614. The van der Waals surface area contributed by atoms with Crippen molar-refractivity contribution >= 4 is 15.9 Å². The molecule has 0 aliphatic heterocycles. The monoisotopic (exact) mass is 361 g/mol. The maximum atomic E-state index is 14.0. The highest BCUT2D eigenvalue weighted by molar-refractivity contribution is 9.10. The Hall–Kier alpha value is -1.40. The van der Waals surface area contributed by atoms with Crippen molar-refractivity contribution in [2.75, 3.05) is 6.54 Å². The van der Waals surface area contributed by atoms with E-state index in [4.69, 9.17) is 0 Å². The Morgan fingerprint density at radius 1 is 0.905 bits per heavy atom.